The molecule has 0 radical (unpaired) electrons. The first-order valence-corrected chi connectivity index (χ1v) is 7.65. The predicted octanol–water partition coefficient (Wildman–Crippen LogP) is 2.93. The number of nitrogens with zero attached hydrogens (tertiary/aromatic N) is 4. The average molecular weight is 309 g/mol. The van der Waals surface area contributed by atoms with Crippen molar-refractivity contribution < 1.29 is 9.15 Å². The molecule has 0 aromatic carbocycles. The smallest absolute Gasteiger partial charge is 0.322 e. The van der Waals surface area contributed by atoms with Crippen molar-refractivity contribution in [2.45, 2.75) is 50.6 Å². The van der Waals surface area contributed by atoms with Gasteiger partial charge in [-0.3, -0.25) is 0 Å². The van der Waals surface area contributed by atoms with Crippen LogP contribution in [0.4, 0.5) is 5.95 Å². The standard InChI is InChI=1S/C13H19N5O2S/c1-5-6-14-10-16-11(20-8(2)3)18-12(17-10)21-13-15-9(4)7-19-13/h7-8H,5-6H2,1-4H3,(H,14,16,17,18). The molecular formula is C13H19N5O2S. The van der Waals surface area contributed by atoms with E-state index in [9.17, 15) is 0 Å². The molecule has 2 aromatic heterocycles. The van der Waals surface area contributed by atoms with Gasteiger partial charge < -0.3 is 14.5 Å². The fourth-order valence-electron chi connectivity index (χ4n) is 1.42. The Labute approximate surface area is 128 Å². The van der Waals surface area contributed by atoms with Gasteiger partial charge in [-0.05, 0) is 27.2 Å². The molecule has 8 heteroatoms. The van der Waals surface area contributed by atoms with Crippen LogP contribution >= 0.6 is 11.8 Å². The van der Waals surface area contributed by atoms with Gasteiger partial charge in [0.25, 0.3) is 5.22 Å². The third-order valence-corrected chi connectivity index (χ3v) is 2.97. The van der Waals surface area contributed by atoms with Gasteiger partial charge in [0, 0.05) is 18.3 Å². The summed E-state index contributed by atoms with van der Waals surface area (Å²) >= 11 is 1.24. The summed E-state index contributed by atoms with van der Waals surface area (Å²) in [5, 5.41) is 4.12. The van der Waals surface area contributed by atoms with E-state index in [1.165, 1.54) is 11.8 Å². The van der Waals surface area contributed by atoms with E-state index in [0.29, 0.717) is 22.3 Å². The third kappa shape index (κ3) is 4.89. The van der Waals surface area contributed by atoms with Gasteiger partial charge in [-0.15, -0.1) is 0 Å². The minimum atomic E-state index is -0.00624. The largest absolute Gasteiger partial charge is 0.461 e. The number of hydrogen-bond acceptors (Lipinski definition) is 8. The normalized spacial score (nSPS) is 10.9. The lowest BCUT2D eigenvalue weighted by molar-refractivity contribution is 0.219. The van der Waals surface area contributed by atoms with Crippen molar-refractivity contribution in [1.29, 1.82) is 0 Å². The lowest BCUT2D eigenvalue weighted by Gasteiger charge is -2.10. The van der Waals surface area contributed by atoms with Crippen LogP contribution < -0.4 is 10.1 Å². The van der Waals surface area contributed by atoms with Crippen molar-refractivity contribution >= 4 is 17.7 Å². The predicted molar refractivity (Wildman–Crippen MR) is 79.7 cm³/mol. The quantitative estimate of drug-likeness (QED) is 0.835. The zero-order valence-corrected chi connectivity index (χ0v) is 13.4. The van der Waals surface area contributed by atoms with Gasteiger partial charge in [-0.2, -0.15) is 15.0 Å². The van der Waals surface area contributed by atoms with E-state index in [1.807, 2.05) is 20.8 Å². The summed E-state index contributed by atoms with van der Waals surface area (Å²) in [6.07, 6.45) is 2.56. The molecule has 0 unspecified atom stereocenters. The zero-order valence-electron chi connectivity index (χ0n) is 12.6. The minimum Gasteiger partial charge on any atom is -0.461 e. The van der Waals surface area contributed by atoms with E-state index in [0.717, 1.165) is 18.7 Å². The molecule has 0 fully saturated rings. The van der Waals surface area contributed by atoms with Crippen LogP contribution in [-0.4, -0.2) is 32.6 Å². The second kappa shape index (κ2) is 7.26. The molecule has 0 aliphatic rings. The Morgan fingerprint density at radius 1 is 1.29 bits per heavy atom. The van der Waals surface area contributed by atoms with Gasteiger partial charge >= 0.3 is 6.01 Å². The molecule has 0 saturated carbocycles. The van der Waals surface area contributed by atoms with Crippen LogP contribution in [0.25, 0.3) is 0 Å². The maximum absolute atomic E-state index is 5.55. The maximum atomic E-state index is 5.55. The highest BCUT2D eigenvalue weighted by Crippen LogP contribution is 2.25. The Balaban J connectivity index is 2.21. The Morgan fingerprint density at radius 2 is 2.10 bits per heavy atom. The van der Waals surface area contributed by atoms with E-state index in [2.05, 4.69) is 32.2 Å². The second-order valence-corrected chi connectivity index (χ2v) is 5.59. The highest BCUT2D eigenvalue weighted by Gasteiger charge is 2.12. The summed E-state index contributed by atoms with van der Waals surface area (Å²) in [6, 6.07) is 0.296. The summed E-state index contributed by atoms with van der Waals surface area (Å²) in [5.41, 5.74) is 0.814. The Bertz CT molecular complexity index is 588. The molecule has 0 saturated heterocycles. The number of oxazole rings is 1. The maximum Gasteiger partial charge on any atom is 0.322 e. The summed E-state index contributed by atoms with van der Waals surface area (Å²) in [4.78, 5) is 17.1. The van der Waals surface area contributed by atoms with E-state index >= 15 is 0 Å². The lowest BCUT2D eigenvalue weighted by Crippen LogP contribution is -2.12. The first-order chi connectivity index (χ1) is 10.1. The monoisotopic (exact) mass is 309 g/mol. The van der Waals surface area contributed by atoms with Crippen molar-refractivity contribution in [2.75, 3.05) is 11.9 Å². The summed E-state index contributed by atoms with van der Waals surface area (Å²) < 4.78 is 10.9. The van der Waals surface area contributed by atoms with Gasteiger partial charge in [-0.25, -0.2) is 4.98 Å². The van der Waals surface area contributed by atoms with Gasteiger partial charge in [-0.1, -0.05) is 6.92 Å². The number of hydrogen-bond donors (Lipinski definition) is 1. The van der Waals surface area contributed by atoms with Crippen LogP contribution in [0.5, 0.6) is 6.01 Å². The molecule has 0 atom stereocenters. The number of aromatic nitrogens is 4. The van der Waals surface area contributed by atoms with Crippen molar-refractivity contribution in [3.8, 4) is 6.01 Å². The first kappa shape index (κ1) is 15.6. The van der Waals surface area contributed by atoms with Gasteiger partial charge in [0.2, 0.25) is 11.1 Å². The summed E-state index contributed by atoms with van der Waals surface area (Å²) in [5.74, 6) is 0.494. The molecule has 1 N–H and O–H groups in total. The average Bonchev–Trinajstić information content (AvgIpc) is 2.80. The highest BCUT2D eigenvalue weighted by atomic mass is 32.2. The Morgan fingerprint density at radius 3 is 2.71 bits per heavy atom. The number of rotatable bonds is 7. The van der Waals surface area contributed by atoms with Gasteiger partial charge in [0.15, 0.2) is 0 Å². The molecule has 2 heterocycles. The number of aryl methyl sites for hydroxylation is 1. The Hall–Kier alpha value is -1.83. The molecule has 0 aliphatic carbocycles. The molecule has 21 heavy (non-hydrogen) atoms. The molecule has 0 aliphatic heterocycles. The van der Waals surface area contributed by atoms with Crippen molar-refractivity contribution in [2.24, 2.45) is 0 Å². The van der Waals surface area contributed by atoms with Crippen LogP contribution in [0, 0.1) is 6.92 Å². The van der Waals surface area contributed by atoms with Crippen LogP contribution in [0.2, 0.25) is 0 Å². The molecule has 0 spiro atoms. The van der Waals surface area contributed by atoms with Crippen LogP contribution in [-0.2, 0) is 0 Å². The topological polar surface area (TPSA) is 86.0 Å². The molecule has 7 nitrogen and oxygen atoms in total. The van der Waals surface area contributed by atoms with Crippen molar-refractivity contribution in [1.82, 2.24) is 19.9 Å². The lowest BCUT2D eigenvalue weighted by atomic mass is 10.5. The SMILES string of the molecule is CCCNc1nc(OC(C)C)nc(Sc2nc(C)co2)n1. The molecule has 114 valence electrons. The molecule has 0 bridgehead atoms. The van der Waals surface area contributed by atoms with Crippen molar-refractivity contribution in [3.63, 3.8) is 0 Å². The van der Waals surface area contributed by atoms with E-state index in [-0.39, 0.29) is 6.10 Å². The van der Waals surface area contributed by atoms with Gasteiger partial charge in [0.05, 0.1) is 11.8 Å². The third-order valence-electron chi connectivity index (χ3n) is 2.25. The number of ether oxygens (including phenoxy) is 1. The molecule has 2 rings (SSSR count). The second-order valence-electron chi connectivity index (χ2n) is 4.67. The fraction of sp³-hybridized carbons (Fsp3) is 0.538. The van der Waals surface area contributed by atoms with Crippen LogP contribution in [0.15, 0.2) is 21.1 Å². The van der Waals surface area contributed by atoms with E-state index in [4.69, 9.17) is 9.15 Å². The summed E-state index contributed by atoms with van der Waals surface area (Å²) in [6.45, 7) is 8.57. The minimum absolute atomic E-state index is 0.00624. The van der Waals surface area contributed by atoms with Crippen LogP contribution in [0.1, 0.15) is 32.9 Å². The Kier molecular flexibility index (Phi) is 5.38. The molecule has 0 amide bonds. The first-order valence-electron chi connectivity index (χ1n) is 6.83. The highest BCUT2D eigenvalue weighted by molar-refractivity contribution is 7.98. The van der Waals surface area contributed by atoms with E-state index in [1.54, 1.807) is 6.26 Å². The summed E-state index contributed by atoms with van der Waals surface area (Å²) in [7, 11) is 0. The van der Waals surface area contributed by atoms with E-state index < -0.39 is 0 Å². The number of anilines is 1. The molecule has 2 aromatic rings. The van der Waals surface area contributed by atoms with Gasteiger partial charge in [0.1, 0.15) is 6.26 Å². The number of nitrogens with one attached hydrogen (secondary N) is 1. The molecular weight excluding hydrogens is 290 g/mol. The zero-order chi connectivity index (χ0) is 15.2. The van der Waals surface area contributed by atoms with Crippen LogP contribution in [0.3, 0.4) is 0 Å². The fourth-order valence-corrected chi connectivity index (χ4v) is 2.12. The van der Waals surface area contributed by atoms with Crippen molar-refractivity contribution in [3.05, 3.63) is 12.0 Å².